The Balaban J connectivity index is 1.89. The molecule has 0 fully saturated rings. The van der Waals surface area contributed by atoms with Crippen LogP contribution >= 0.6 is 15.9 Å². The van der Waals surface area contributed by atoms with Gasteiger partial charge < -0.3 is 19.5 Å². The third-order valence-corrected chi connectivity index (χ3v) is 4.10. The van der Waals surface area contributed by atoms with Crippen LogP contribution in [0.4, 0.5) is 5.69 Å². The lowest BCUT2D eigenvalue weighted by atomic mass is 10.1. The summed E-state index contributed by atoms with van der Waals surface area (Å²) < 4.78 is 17.2. The average molecular weight is 415 g/mol. The second-order valence-electron chi connectivity index (χ2n) is 5.31. The van der Waals surface area contributed by atoms with Gasteiger partial charge in [0.1, 0.15) is 17.4 Å². The molecule has 0 spiro atoms. The summed E-state index contributed by atoms with van der Waals surface area (Å²) in [7, 11) is 0. The average Bonchev–Trinajstić information content (AvgIpc) is 3.09. The maximum absolute atomic E-state index is 12.4. The maximum Gasteiger partial charge on any atom is 0.266 e. The third kappa shape index (κ3) is 3.98. The predicted molar refractivity (Wildman–Crippen MR) is 100 cm³/mol. The summed E-state index contributed by atoms with van der Waals surface area (Å²) in [6.45, 7) is 2.42. The molecule has 1 N–H and O–H groups in total. The predicted octanol–water partition coefficient (Wildman–Crippen LogP) is 4.12. The minimum Gasteiger partial charge on any atom is -0.493 e. The van der Waals surface area contributed by atoms with Crippen LogP contribution in [0.3, 0.4) is 0 Å². The number of hydrogen-bond donors (Lipinski definition) is 1. The summed E-state index contributed by atoms with van der Waals surface area (Å²) in [5, 5.41) is 12.1. The molecule has 1 amide bonds. The van der Waals surface area contributed by atoms with Crippen LogP contribution in [0.1, 0.15) is 12.5 Å². The van der Waals surface area contributed by atoms with Gasteiger partial charge in [-0.05, 0) is 43.3 Å². The summed E-state index contributed by atoms with van der Waals surface area (Å²) in [6, 6.07) is 12.4. The van der Waals surface area contributed by atoms with Crippen LogP contribution in [0, 0.1) is 11.3 Å². The fraction of sp³-hybridized carbons (Fsp3) is 0.158. The molecule has 0 saturated carbocycles. The zero-order chi connectivity index (χ0) is 18.5. The molecule has 0 aliphatic carbocycles. The van der Waals surface area contributed by atoms with Crippen LogP contribution in [0.25, 0.3) is 6.08 Å². The number of halogens is 1. The van der Waals surface area contributed by atoms with E-state index in [0.29, 0.717) is 35.1 Å². The number of fused-ring (bicyclic) bond motifs is 1. The van der Waals surface area contributed by atoms with Gasteiger partial charge >= 0.3 is 0 Å². The van der Waals surface area contributed by atoms with E-state index in [1.807, 2.05) is 13.0 Å². The Kier molecular flexibility index (Phi) is 5.44. The van der Waals surface area contributed by atoms with Gasteiger partial charge in [-0.15, -0.1) is 0 Å². The first-order valence-electron chi connectivity index (χ1n) is 7.86. The zero-order valence-electron chi connectivity index (χ0n) is 13.9. The highest BCUT2D eigenvalue weighted by Crippen LogP contribution is 2.39. The molecule has 0 radical (unpaired) electrons. The molecule has 0 atom stereocenters. The molecule has 2 aromatic rings. The van der Waals surface area contributed by atoms with Crippen molar-refractivity contribution in [2.45, 2.75) is 6.92 Å². The van der Waals surface area contributed by atoms with E-state index in [0.717, 1.165) is 4.47 Å². The third-order valence-electron chi connectivity index (χ3n) is 3.57. The van der Waals surface area contributed by atoms with Crippen LogP contribution in [-0.2, 0) is 4.79 Å². The number of carbonyl (C=O) groups excluding carboxylic acids is 1. The highest BCUT2D eigenvalue weighted by atomic mass is 79.9. The van der Waals surface area contributed by atoms with E-state index in [1.165, 1.54) is 6.08 Å². The van der Waals surface area contributed by atoms with Crippen molar-refractivity contribution in [3.8, 4) is 23.3 Å². The normalized spacial score (nSPS) is 12.4. The number of nitrogens with one attached hydrogen (secondary N) is 1. The first-order chi connectivity index (χ1) is 12.6. The Morgan fingerprint density at radius 1 is 1.31 bits per heavy atom. The summed E-state index contributed by atoms with van der Waals surface area (Å²) >= 11 is 3.33. The van der Waals surface area contributed by atoms with Gasteiger partial charge in [0.15, 0.2) is 11.5 Å². The molecule has 2 aromatic carbocycles. The molecule has 1 aliphatic rings. The summed E-state index contributed by atoms with van der Waals surface area (Å²) in [6.07, 6.45) is 1.47. The number of nitrogens with zero attached hydrogens (tertiary/aromatic N) is 1. The first kappa shape index (κ1) is 17.8. The standard InChI is InChI=1S/C19H15BrN2O4/c1-2-24-16-9-18-17(25-11-26-18)8-12(16)7-13(10-21)19(23)22-15-5-3-14(20)4-6-15/h3-9H,2,11H2,1H3,(H,22,23)/b13-7+. The van der Waals surface area contributed by atoms with Crippen LogP contribution in [-0.4, -0.2) is 19.3 Å². The van der Waals surface area contributed by atoms with E-state index in [2.05, 4.69) is 21.2 Å². The Bertz CT molecular complexity index is 901. The highest BCUT2D eigenvalue weighted by molar-refractivity contribution is 9.10. The molecule has 1 aliphatic heterocycles. The maximum atomic E-state index is 12.4. The van der Waals surface area contributed by atoms with Crippen molar-refractivity contribution < 1.29 is 19.0 Å². The SMILES string of the molecule is CCOc1cc2c(cc1/C=C(\C#N)C(=O)Nc1ccc(Br)cc1)OCO2. The molecule has 6 nitrogen and oxygen atoms in total. The molecule has 0 bridgehead atoms. The lowest BCUT2D eigenvalue weighted by Crippen LogP contribution is -2.13. The van der Waals surface area contributed by atoms with Gasteiger partial charge in [-0.1, -0.05) is 15.9 Å². The quantitative estimate of drug-likeness (QED) is 0.587. The van der Waals surface area contributed by atoms with E-state index in [-0.39, 0.29) is 12.4 Å². The van der Waals surface area contributed by atoms with E-state index in [4.69, 9.17) is 14.2 Å². The van der Waals surface area contributed by atoms with Crippen LogP contribution in [0.2, 0.25) is 0 Å². The molecule has 26 heavy (non-hydrogen) atoms. The molecular weight excluding hydrogens is 400 g/mol. The minimum absolute atomic E-state index is 0.0484. The number of hydrogen-bond acceptors (Lipinski definition) is 5. The Morgan fingerprint density at radius 3 is 2.65 bits per heavy atom. The minimum atomic E-state index is -0.505. The first-order valence-corrected chi connectivity index (χ1v) is 8.65. The van der Waals surface area contributed by atoms with Crippen LogP contribution in [0.5, 0.6) is 17.2 Å². The number of carbonyl (C=O) groups is 1. The van der Waals surface area contributed by atoms with Gasteiger partial charge in [-0.2, -0.15) is 5.26 Å². The Morgan fingerprint density at radius 2 is 2.00 bits per heavy atom. The molecule has 132 valence electrons. The lowest BCUT2D eigenvalue weighted by molar-refractivity contribution is -0.112. The number of rotatable bonds is 5. The molecular formula is C19H15BrN2O4. The van der Waals surface area contributed by atoms with E-state index >= 15 is 0 Å². The number of ether oxygens (including phenoxy) is 3. The number of benzene rings is 2. The van der Waals surface area contributed by atoms with Gasteiger partial charge in [-0.25, -0.2) is 0 Å². The second-order valence-corrected chi connectivity index (χ2v) is 6.22. The smallest absolute Gasteiger partial charge is 0.266 e. The van der Waals surface area contributed by atoms with E-state index in [1.54, 1.807) is 36.4 Å². The largest absolute Gasteiger partial charge is 0.493 e. The van der Waals surface area contributed by atoms with Crippen molar-refractivity contribution >= 4 is 33.6 Å². The van der Waals surface area contributed by atoms with E-state index < -0.39 is 5.91 Å². The van der Waals surface area contributed by atoms with Gasteiger partial charge in [-0.3, -0.25) is 4.79 Å². The van der Waals surface area contributed by atoms with Crippen molar-refractivity contribution in [2.24, 2.45) is 0 Å². The van der Waals surface area contributed by atoms with Crippen LogP contribution < -0.4 is 19.5 Å². The Labute approximate surface area is 159 Å². The molecule has 7 heteroatoms. The van der Waals surface area contributed by atoms with Gasteiger partial charge in [0.25, 0.3) is 5.91 Å². The molecule has 3 rings (SSSR count). The van der Waals surface area contributed by atoms with Crippen LogP contribution in [0.15, 0.2) is 46.4 Å². The zero-order valence-corrected chi connectivity index (χ0v) is 15.5. The fourth-order valence-corrected chi connectivity index (χ4v) is 2.63. The molecule has 0 unspecified atom stereocenters. The number of amides is 1. The van der Waals surface area contributed by atoms with Crippen molar-refractivity contribution in [2.75, 3.05) is 18.7 Å². The fourth-order valence-electron chi connectivity index (χ4n) is 2.37. The van der Waals surface area contributed by atoms with Crippen molar-refractivity contribution in [3.63, 3.8) is 0 Å². The lowest BCUT2D eigenvalue weighted by Gasteiger charge is -2.09. The van der Waals surface area contributed by atoms with Crippen molar-refractivity contribution in [1.82, 2.24) is 0 Å². The molecule has 1 heterocycles. The van der Waals surface area contributed by atoms with Gasteiger partial charge in [0, 0.05) is 21.8 Å². The Hall–Kier alpha value is -2.98. The monoisotopic (exact) mass is 414 g/mol. The molecule has 0 saturated heterocycles. The van der Waals surface area contributed by atoms with Gasteiger partial charge in [0.05, 0.1) is 6.61 Å². The highest BCUT2D eigenvalue weighted by Gasteiger charge is 2.19. The van der Waals surface area contributed by atoms with Gasteiger partial charge in [0.2, 0.25) is 6.79 Å². The molecule has 0 aromatic heterocycles. The summed E-state index contributed by atoms with van der Waals surface area (Å²) in [4.78, 5) is 12.4. The number of anilines is 1. The summed E-state index contributed by atoms with van der Waals surface area (Å²) in [5.74, 6) is 1.13. The van der Waals surface area contributed by atoms with Crippen molar-refractivity contribution in [1.29, 1.82) is 5.26 Å². The van der Waals surface area contributed by atoms with Crippen molar-refractivity contribution in [3.05, 3.63) is 52.0 Å². The van der Waals surface area contributed by atoms with E-state index in [9.17, 15) is 10.1 Å². The summed E-state index contributed by atoms with van der Waals surface area (Å²) in [5.41, 5.74) is 1.11. The topological polar surface area (TPSA) is 80.6 Å². The second kappa shape index (κ2) is 7.93. The number of nitriles is 1.